The fourth-order valence-electron chi connectivity index (χ4n) is 3.03. The Labute approximate surface area is 127 Å². The molecular formula is C17H28FN3. The number of nitrogens with two attached hydrogens (primary N) is 1. The Bertz CT molecular complexity index is 453. The van der Waals surface area contributed by atoms with Crippen LogP contribution in [0, 0.1) is 5.82 Å². The van der Waals surface area contributed by atoms with Gasteiger partial charge in [-0.1, -0.05) is 6.92 Å². The highest BCUT2D eigenvalue weighted by atomic mass is 19.1. The Morgan fingerprint density at radius 2 is 1.86 bits per heavy atom. The summed E-state index contributed by atoms with van der Waals surface area (Å²) in [7, 11) is 0. The third kappa shape index (κ3) is 4.17. The Hall–Kier alpha value is -1.13. The van der Waals surface area contributed by atoms with Gasteiger partial charge < -0.3 is 10.6 Å². The molecule has 1 aliphatic rings. The van der Waals surface area contributed by atoms with Crippen molar-refractivity contribution in [2.45, 2.75) is 45.7 Å². The minimum absolute atomic E-state index is 0.0481. The van der Waals surface area contributed by atoms with Gasteiger partial charge in [-0.2, -0.15) is 0 Å². The molecule has 1 heterocycles. The van der Waals surface area contributed by atoms with Crippen molar-refractivity contribution in [3.05, 3.63) is 29.6 Å². The predicted molar refractivity (Wildman–Crippen MR) is 87.3 cm³/mol. The average Bonchev–Trinajstić information content (AvgIpc) is 2.46. The highest BCUT2D eigenvalue weighted by Gasteiger charge is 2.22. The van der Waals surface area contributed by atoms with E-state index in [2.05, 4.69) is 23.6 Å². The van der Waals surface area contributed by atoms with E-state index >= 15 is 0 Å². The van der Waals surface area contributed by atoms with Gasteiger partial charge in [0.1, 0.15) is 5.82 Å². The van der Waals surface area contributed by atoms with Crippen LogP contribution in [0.1, 0.15) is 32.8 Å². The lowest BCUT2D eigenvalue weighted by atomic mass is 10.0. The lowest BCUT2D eigenvalue weighted by molar-refractivity contribution is 0.192. The molecule has 0 saturated carbocycles. The molecule has 1 aliphatic heterocycles. The van der Waals surface area contributed by atoms with E-state index in [0.717, 1.165) is 43.9 Å². The molecule has 118 valence electrons. The average molecular weight is 293 g/mol. The maximum atomic E-state index is 13.5. The van der Waals surface area contributed by atoms with E-state index in [1.54, 1.807) is 12.1 Å². The Morgan fingerprint density at radius 1 is 1.19 bits per heavy atom. The first-order chi connectivity index (χ1) is 10.0. The molecule has 3 nitrogen and oxygen atoms in total. The first kappa shape index (κ1) is 16.2. The largest absolute Gasteiger partial charge is 0.369 e. The summed E-state index contributed by atoms with van der Waals surface area (Å²) in [5, 5.41) is 0. The van der Waals surface area contributed by atoms with Crippen molar-refractivity contribution < 1.29 is 4.39 Å². The predicted octanol–water partition coefficient (Wildman–Crippen LogP) is 2.64. The molecule has 1 aromatic carbocycles. The second kappa shape index (κ2) is 7.23. The maximum absolute atomic E-state index is 13.5. The van der Waals surface area contributed by atoms with Crippen molar-refractivity contribution >= 4 is 5.69 Å². The van der Waals surface area contributed by atoms with E-state index in [1.807, 2.05) is 13.0 Å². The number of hydrogen-bond donors (Lipinski definition) is 1. The second-order valence-electron chi connectivity index (χ2n) is 6.23. The molecule has 0 radical (unpaired) electrons. The molecule has 21 heavy (non-hydrogen) atoms. The molecule has 0 aromatic heterocycles. The first-order valence-corrected chi connectivity index (χ1v) is 8.04. The van der Waals surface area contributed by atoms with Gasteiger partial charge in [-0.15, -0.1) is 0 Å². The minimum Gasteiger partial charge on any atom is -0.369 e. The minimum atomic E-state index is -0.173. The van der Waals surface area contributed by atoms with E-state index in [1.165, 1.54) is 6.42 Å². The van der Waals surface area contributed by atoms with Crippen molar-refractivity contribution in [3.63, 3.8) is 0 Å². The summed E-state index contributed by atoms with van der Waals surface area (Å²) in [6, 6.07) is 5.79. The molecule has 0 aliphatic carbocycles. The van der Waals surface area contributed by atoms with Gasteiger partial charge in [-0.25, -0.2) is 4.39 Å². The zero-order valence-corrected chi connectivity index (χ0v) is 13.5. The van der Waals surface area contributed by atoms with E-state index in [4.69, 9.17) is 5.73 Å². The maximum Gasteiger partial charge on any atom is 0.123 e. The van der Waals surface area contributed by atoms with Crippen LogP contribution < -0.4 is 10.6 Å². The molecule has 2 rings (SSSR count). The Morgan fingerprint density at radius 3 is 2.43 bits per heavy atom. The molecule has 0 amide bonds. The standard InChI is InChI=1S/C17H28FN3/c1-4-14(3)20-7-9-21(10-8-20)17-6-5-16(18)12-15(17)11-13(2)19/h5-6,12-14H,4,7-11,19H2,1-3H3. The van der Waals surface area contributed by atoms with Crippen LogP contribution in [0.4, 0.5) is 10.1 Å². The molecule has 2 unspecified atom stereocenters. The summed E-state index contributed by atoms with van der Waals surface area (Å²) in [6.07, 6.45) is 1.91. The SMILES string of the molecule is CCC(C)N1CCN(c2ccc(F)cc2CC(C)N)CC1. The first-order valence-electron chi connectivity index (χ1n) is 8.04. The van der Waals surface area contributed by atoms with Crippen molar-refractivity contribution in [1.29, 1.82) is 0 Å². The van der Waals surface area contributed by atoms with Gasteiger partial charge in [0.05, 0.1) is 0 Å². The van der Waals surface area contributed by atoms with Crippen molar-refractivity contribution in [2.24, 2.45) is 5.73 Å². The van der Waals surface area contributed by atoms with Gasteiger partial charge in [-0.3, -0.25) is 4.90 Å². The zero-order valence-electron chi connectivity index (χ0n) is 13.5. The van der Waals surface area contributed by atoms with Gasteiger partial charge in [-0.05, 0) is 50.5 Å². The highest BCUT2D eigenvalue weighted by molar-refractivity contribution is 5.54. The summed E-state index contributed by atoms with van der Waals surface area (Å²) in [5.41, 5.74) is 8.08. The van der Waals surface area contributed by atoms with E-state index in [9.17, 15) is 4.39 Å². The van der Waals surface area contributed by atoms with E-state index in [-0.39, 0.29) is 11.9 Å². The molecule has 2 atom stereocenters. The number of rotatable bonds is 5. The normalized spacial score (nSPS) is 19.6. The fraction of sp³-hybridized carbons (Fsp3) is 0.647. The molecule has 1 saturated heterocycles. The third-order valence-corrected chi connectivity index (χ3v) is 4.45. The summed E-state index contributed by atoms with van der Waals surface area (Å²) >= 11 is 0. The number of nitrogens with zero attached hydrogens (tertiary/aromatic N) is 2. The van der Waals surface area contributed by atoms with Crippen molar-refractivity contribution in [1.82, 2.24) is 4.90 Å². The van der Waals surface area contributed by atoms with Crippen LogP contribution in [0.15, 0.2) is 18.2 Å². The zero-order chi connectivity index (χ0) is 15.4. The Kier molecular flexibility index (Phi) is 5.59. The van der Waals surface area contributed by atoms with Gasteiger partial charge in [0, 0.05) is 44.0 Å². The molecule has 0 bridgehead atoms. The number of halogens is 1. The third-order valence-electron chi connectivity index (χ3n) is 4.45. The van der Waals surface area contributed by atoms with Gasteiger partial charge in [0.15, 0.2) is 0 Å². The quantitative estimate of drug-likeness (QED) is 0.906. The second-order valence-corrected chi connectivity index (χ2v) is 6.23. The molecule has 1 aromatic rings. The van der Waals surface area contributed by atoms with Crippen molar-refractivity contribution in [2.75, 3.05) is 31.1 Å². The van der Waals surface area contributed by atoms with Crippen LogP contribution in [0.3, 0.4) is 0 Å². The van der Waals surface area contributed by atoms with Gasteiger partial charge in [0.25, 0.3) is 0 Å². The fourth-order valence-corrected chi connectivity index (χ4v) is 3.03. The number of benzene rings is 1. The monoisotopic (exact) mass is 293 g/mol. The molecule has 2 N–H and O–H groups in total. The van der Waals surface area contributed by atoms with E-state index < -0.39 is 0 Å². The van der Waals surface area contributed by atoms with Crippen LogP contribution in [0.2, 0.25) is 0 Å². The number of piperazine rings is 1. The van der Waals surface area contributed by atoms with Crippen LogP contribution in [-0.2, 0) is 6.42 Å². The van der Waals surface area contributed by atoms with Crippen LogP contribution in [-0.4, -0.2) is 43.2 Å². The summed E-state index contributed by atoms with van der Waals surface area (Å²) in [6.45, 7) is 10.6. The Balaban J connectivity index is 2.09. The van der Waals surface area contributed by atoms with Gasteiger partial charge in [0.2, 0.25) is 0 Å². The number of hydrogen-bond acceptors (Lipinski definition) is 3. The molecular weight excluding hydrogens is 265 g/mol. The van der Waals surface area contributed by atoms with Crippen LogP contribution in [0.25, 0.3) is 0 Å². The molecule has 0 spiro atoms. The van der Waals surface area contributed by atoms with Crippen molar-refractivity contribution in [3.8, 4) is 0 Å². The lowest BCUT2D eigenvalue weighted by Crippen LogP contribution is -2.49. The van der Waals surface area contributed by atoms with E-state index in [0.29, 0.717) is 6.04 Å². The number of anilines is 1. The summed E-state index contributed by atoms with van der Waals surface area (Å²) < 4.78 is 13.5. The molecule has 1 fully saturated rings. The van der Waals surface area contributed by atoms with Gasteiger partial charge >= 0.3 is 0 Å². The molecule has 4 heteroatoms. The topological polar surface area (TPSA) is 32.5 Å². The van der Waals surface area contributed by atoms with Crippen LogP contribution in [0.5, 0.6) is 0 Å². The smallest absolute Gasteiger partial charge is 0.123 e. The summed E-state index contributed by atoms with van der Waals surface area (Å²) in [4.78, 5) is 4.90. The highest BCUT2D eigenvalue weighted by Crippen LogP contribution is 2.24. The lowest BCUT2D eigenvalue weighted by Gasteiger charge is -2.39. The van der Waals surface area contributed by atoms with Crippen LogP contribution >= 0.6 is 0 Å². The summed E-state index contributed by atoms with van der Waals surface area (Å²) in [5.74, 6) is -0.173.